The van der Waals surface area contributed by atoms with Crippen LogP contribution in [0.5, 0.6) is 0 Å². The molecule has 0 aliphatic heterocycles. The van der Waals surface area contributed by atoms with E-state index in [9.17, 15) is 4.79 Å². The van der Waals surface area contributed by atoms with Gasteiger partial charge in [-0.1, -0.05) is 29.8 Å². The smallest absolute Gasteiger partial charge is 0.243 e. The van der Waals surface area contributed by atoms with Crippen LogP contribution in [0.15, 0.2) is 28.7 Å². The molecule has 0 heterocycles. The molecule has 1 fully saturated rings. The molecule has 2 rings (SSSR count). The summed E-state index contributed by atoms with van der Waals surface area (Å²) >= 11 is 3.40. The number of carbonyl (C=O) groups excluding carboxylic acids is 1. The molecule has 1 aliphatic carbocycles. The Balaban J connectivity index is 2.33. The highest BCUT2D eigenvalue weighted by Crippen LogP contribution is 2.47. The number of amides is 1. The van der Waals surface area contributed by atoms with Crippen LogP contribution in [0.1, 0.15) is 33.1 Å². The first-order valence-electron chi connectivity index (χ1n) is 6.21. The molecule has 0 aromatic heterocycles. The van der Waals surface area contributed by atoms with E-state index in [4.69, 9.17) is 5.73 Å². The summed E-state index contributed by atoms with van der Waals surface area (Å²) < 4.78 is 1.02. The van der Waals surface area contributed by atoms with Gasteiger partial charge in [0, 0.05) is 10.2 Å². The van der Waals surface area contributed by atoms with Crippen molar-refractivity contribution in [2.45, 2.75) is 38.6 Å². The summed E-state index contributed by atoms with van der Waals surface area (Å²) in [6.07, 6.45) is 2.84. The Bertz CT molecular complexity index is 455. The number of rotatable bonds is 3. The largest absolute Gasteiger partial charge is 0.371 e. The molecule has 1 unspecified atom stereocenters. The minimum Gasteiger partial charge on any atom is -0.371 e. The number of carbonyl (C=O) groups is 1. The molecule has 98 valence electrons. The second-order valence-corrected chi connectivity index (χ2v) is 6.55. The lowest BCUT2D eigenvalue weighted by Crippen LogP contribution is -2.57. The minimum absolute atomic E-state index is 0.119. The summed E-state index contributed by atoms with van der Waals surface area (Å²) in [5.41, 5.74) is 5.86. The Kier molecular flexibility index (Phi) is 3.41. The zero-order chi connectivity index (χ0) is 13.4. The molecule has 0 saturated heterocycles. The van der Waals surface area contributed by atoms with Crippen molar-refractivity contribution in [2.75, 3.05) is 5.32 Å². The first kappa shape index (κ1) is 13.4. The van der Waals surface area contributed by atoms with Gasteiger partial charge in [-0.3, -0.25) is 4.79 Å². The van der Waals surface area contributed by atoms with E-state index < -0.39 is 5.54 Å². The molecular weight excluding hydrogens is 292 g/mol. The zero-order valence-electron chi connectivity index (χ0n) is 10.8. The first-order valence-corrected chi connectivity index (χ1v) is 7.00. The lowest BCUT2D eigenvalue weighted by molar-refractivity contribution is -0.125. The number of halogens is 1. The van der Waals surface area contributed by atoms with Gasteiger partial charge in [-0.25, -0.2) is 0 Å². The molecule has 4 heteroatoms. The summed E-state index contributed by atoms with van der Waals surface area (Å²) in [6.45, 7) is 4.22. The van der Waals surface area contributed by atoms with E-state index in [1.54, 1.807) is 0 Å². The maximum Gasteiger partial charge on any atom is 0.243 e. The third kappa shape index (κ3) is 2.14. The van der Waals surface area contributed by atoms with Crippen molar-refractivity contribution in [3.63, 3.8) is 0 Å². The lowest BCUT2D eigenvalue weighted by Gasteiger charge is -2.40. The van der Waals surface area contributed by atoms with Crippen LogP contribution in [0.25, 0.3) is 0 Å². The molecule has 1 saturated carbocycles. The van der Waals surface area contributed by atoms with Gasteiger partial charge in [0.2, 0.25) is 5.91 Å². The number of anilines is 1. The average molecular weight is 311 g/mol. The molecule has 1 amide bonds. The minimum atomic E-state index is -0.638. The summed E-state index contributed by atoms with van der Waals surface area (Å²) in [6, 6.07) is 7.84. The van der Waals surface area contributed by atoms with E-state index in [0.29, 0.717) is 0 Å². The van der Waals surface area contributed by atoms with Gasteiger partial charge in [0.05, 0.1) is 0 Å². The van der Waals surface area contributed by atoms with Crippen LogP contribution in [-0.2, 0) is 4.79 Å². The second kappa shape index (κ2) is 4.57. The molecule has 1 aromatic carbocycles. The van der Waals surface area contributed by atoms with Crippen LogP contribution in [0.4, 0.5) is 5.69 Å². The molecule has 1 atom stereocenters. The Morgan fingerprint density at radius 1 is 1.28 bits per heavy atom. The third-order valence-electron chi connectivity index (χ3n) is 4.13. The fraction of sp³-hybridized carbons (Fsp3) is 0.500. The van der Waals surface area contributed by atoms with Crippen molar-refractivity contribution in [3.05, 3.63) is 28.7 Å². The number of benzene rings is 1. The first-order chi connectivity index (χ1) is 8.37. The molecular formula is C14H19BrN2O. The predicted octanol–water partition coefficient (Wildman–Crippen LogP) is 3.30. The summed E-state index contributed by atoms with van der Waals surface area (Å²) in [7, 11) is 0. The van der Waals surface area contributed by atoms with Crippen molar-refractivity contribution >= 4 is 27.5 Å². The zero-order valence-corrected chi connectivity index (χ0v) is 12.4. The van der Waals surface area contributed by atoms with Crippen LogP contribution in [0.2, 0.25) is 0 Å². The van der Waals surface area contributed by atoms with Crippen molar-refractivity contribution in [1.29, 1.82) is 0 Å². The van der Waals surface area contributed by atoms with Gasteiger partial charge in [0.15, 0.2) is 0 Å². The molecule has 3 nitrogen and oxygen atoms in total. The Morgan fingerprint density at radius 3 is 2.33 bits per heavy atom. The second-order valence-electron chi connectivity index (χ2n) is 5.64. The van der Waals surface area contributed by atoms with Gasteiger partial charge < -0.3 is 11.1 Å². The van der Waals surface area contributed by atoms with Gasteiger partial charge in [0.1, 0.15) is 5.54 Å². The Hall–Kier alpha value is -1.03. The molecule has 18 heavy (non-hydrogen) atoms. The van der Waals surface area contributed by atoms with E-state index in [-0.39, 0.29) is 11.3 Å². The molecule has 0 radical (unpaired) electrons. The van der Waals surface area contributed by atoms with Gasteiger partial charge in [-0.2, -0.15) is 0 Å². The quantitative estimate of drug-likeness (QED) is 0.900. The van der Waals surface area contributed by atoms with Gasteiger partial charge in [0.25, 0.3) is 0 Å². The summed E-state index contributed by atoms with van der Waals surface area (Å²) in [5, 5.41) is 3.38. The van der Waals surface area contributed by atoms with Gasteiger partial charge >= 0.3 is 0 Å². The Labute approximate surface area is 116 Å². The van der Waals surface area contributed by atoms with Crippen molar-refractivity contribution in [1.82, 2.24) is 0 Å². The van der Waals surface area contributed by atoms with Crippen molar-refractivity contribution < 1.29 is 4.79 Å². The summed E-state index contributed by atoms with van der Waals surface area (Å²) in [4.78, 5) is 12.0. The number of primary amides is 1. The number of nitrogens with one attached hydrogen (secondary N) is 1. The monoisotopic (exact) mass is 310 g/mol. The standard InChI is InChI=1S/C14H19BrN2O/c1-13(2)8-3-9-14(13,12(16)18)17-11-6-4-10(15)5-7-11/h4-7,17H,3,8-9H2,1-2H3,(H2,16,18). The number of hydrogen-bond donors (Lipinski definition) is 2. The summed E-state index contributed by atoms with van der Waals surface area (Å²) in [5.74, 6) is -0.257. The number of hydrogen-bond acceptors (Lipinski definition) is 2. The van der Waals surface area contributed by atoms with Crippen molar-refractivity contribution in [3.8, 4) is 0 Å². The predicted molar refractivity (Wildman–Crippen MR) is 77.3 cm³/mol. The van der Waals surface area contributed by atoms with Gasteiger partial charge in [-0.05, 0) is 48.9 Å². The van der Waals surface area contributed by atoms with E-state index in [0.717, 1.165) is 29.4 Å². The van der Waals surface area contributed by atoms with E-state index in [1.165, 1.54) is 0 Å². The topological polar surface area (TPSA) is 55.1 Å². The highest BCUT2D eigenvalue weighted by Gasteiger charge is 2.53. The highest BCUT2D eigenvalue weighted by atomic mass is 79.9. The fourth-order valence-corrected chi connectivity index (χ4v) is 3.14. The SMILES string of the molecule is CC1(C)CCCC1(Nc1ccc(Br)cc1)C(N)=O. The maximum atomic E-state index is 12.0. The lowest BCUT2D eigenvalue weighted by atomic mass is 9.74. The van der Waals surface area contributed by atoms with E-state index in [1.807, 2.05) is 24.3 Å². The van der Waals surface area contributed by atoms with Crippen LogP contribution >= 0.6 is 15.9 Å². The van der Waals surface area contributed by atoms with E-state index in [2.05, 4.69) is 35.1 Å². The van der Waals surface area contributed by atoms with Crippen LogP contribution in [0, 0.1) is 5.41 Å². The molecule has 0 bridgehead atoms. The Morgan fingerprint density at radius 2 is 1.89 bits per heavy atom. The van der Waals surface area contributed by atoms with E-state index >= 15 is 0 Å². The molecule has 0 spiro atoms. The molecule has 3 N–H and O–H groups in total. The normalized spacial score (nSPS) is 25.9. The fourth-order valence-electron chi connectivity index (χ4n) is 2.88. The molecule has 1 aliphatic rings. The van der Waals surface area contributed by atoms with Crippen LogP contribution in [0.3, 0.4) is 0 Å². The van der Waals surface area contributed by atoms with Crippen LogP contribution in [-0.4, -0.2) is 11.4 Å². The van der Waals surface area contributed by atoms with Crippen molar-refractivity contribution in [2.24, 2.45) is 11.1 Å². The number of nitrogens with two attached hydrogens (primary N) is 1. The highest BCUT2D eigenvalue weighted by molar-refractivity contribution is 9.10. The van der Waals surface area contributed by atoms with Gasteiger partial charge in [-0.15, -0.1) is 0 Å². The maximum absolute atomic E-state index is 12.0. The average Bonchev–Trinajstić information content (AvgIpc) is 2.58. The third-order valence-corrected chi connectivity index (χ3v) is 4.66. The molecule has 1 aromatic rings. The van der Waals surface area contributed by atoms with Crippen LogP contribution < -0.4 is 11.1 Å².